The summed E-state index contributed by atoms with van der Waals surface area (Å²) >= 11 is 0. The van der Waals surface area contributed by atoms with Gasteiger partial charge in [-0.15, -0.1) is 0 Å². The Morgan fingerprint density at radius 1 is 0.929 bits per heavy atom. The van der Waals surface area contributed by atoms with Crippen molar-refractivity contribution >= 4 is 15.9 Å². The van der Waals surface area contributed by atoms with Gasteiger partial charge in [0.25, 0.3) is 0 Å². The summed E-state index contributed by atoms with van der Waals surface area (Å²) in [7, 11) is -3.50. The molecule has 7 heteroatoms. The van der Waals surface area contributed by atoms with E-state index in [1.165, 1.54) is 12.8 Å². The Bertz CT molecular complexity index is 793. The summed E-state index contributed by atoms with van der Waals surface area (Å²) in [5.41, 5.74) is 1.72. The zero-order chi connectivity index (χ0) is 20.3. The second-order valence-corrected chi connectivity index (χ2v) is 10.0. The maximum Gasteiger partial charge on any atom is 0.243 e. The highest BCUT2D eigenvalue weighted by molar-refractivity contribution is 7.89. The van der Waals surface area contributed by atoms with Gasteiger partial charge >= 0.3 is 0 Å². The topological polar surface area (TPSA) is 60.9 Å². The summed E-state index contributed by atoms with van der Waals surface area (Å²) in [6.07, 6.45) is 4.57. The van der Waals surface area contributed by atoms with Crippen molar-refractivity contribution in [3.8, 4) is 0 Å². The van der Waals surface area contributed by atoms with Crippen molar-refractivity contribution in [1.82, 2.24) is 14.1 Å². The molecule has 1 aromatic rings. The number of aryl methyl sites for hydroxylation is 2. The van der Waals surface area contributed by atoms with E-state index in [2.05, 4.69) is 4.90 Å². The van der Waals surface area contributed by atoms with Gasteiger partial charge in [0.2, 0.25) is 15.9 Å². The summed E-state index contributed by atoms with van der Waals surface area (Å²) in [4.78, 5) is 17.4. The van der Waals surface area contributed by atoms with Crippen molar-refractivity contribution in [1.29, 1.82) is 0 Å². The molecule has 6 nitrogen and oxygen atoms in total. The fourth-order valence-corrected chi connectivity index (χ4v) is 5.90. The molecule has 2 heterocycles. The minimum Gasteiger partial charge on any atom is -0.341 e. The molecule has 2 fully saturated rings. The molecule has 156 valence electrons. The van der Waals surface area contributed by atoms with E-state index >= 15 is 0 Å². The maximum absolute atomic E-state index is 13.1. The number of carbonyl (C=O) groups excluding carboxylic acids is 1. The van der Waals surface area contributed by atoms with E-state index in [1.807, 2.05) is 37.8 Å². The molecule has 3 rings (SSSR count). The summed E-state index contributed by atoms with van der Waals surface area (Å²) in [6.45, 7) is 9.43. The van der Waals surface area contributed by atoms with Crippen LogP contribution >= 0.6 is 0 Å². The highest BCUT2D eigenvalue weighted by atomic mass is 32.2. The lowest BCUT2D eigenvalue weighted by molar-refractivity contribution is -0.136. The Morgan fingerprint density at radius 2 is 1.54 bits per heavy atom. The van der Waals surface area contributed by atoms with Crippen LogP contribution in [0.2, 0.25) is 0 Å². The molecular weight excluding hydrogens is 374 g/mol. The van der Waals surface area contributed by atoms with Crippen LogP contribution in [0, 0.1) is 13.8 Å². The monoisotopic (exact) mass is 407 g/mol. The molecule has 0 N–H and O–H groups in total. The highest BCUT2D eigenvalue weighted by Crippen LogP contribution is 2.23. The first-order valence-electron chi connectivity index (χ1n) is 10.4. The van der Waals surface area contributed by atoms with Gasteiger partial charge in [-0.2, -0.15) is 4.31 Å². The van der Waals surface area contributed by atoms with Crippen LogP contribution < -0.4 is 0 Å². The predicted octanol–water partition coefficient (Wildman–Crippen LogP) is 2.40. The average Bonchev–Trinajstić information content (AvgIpc) is 2.98. The van der Waals surface area contributed by atoms with Crippen LogP contribution in [0.15, 0.2) is 23.1 Å². The number of rotatable bonds is 4. The molecule has 0 radical (unpaired) electrons. The third kappa shape index (κ3) is 4.58. The number of carbonyl (C=O) groups is 1. The molecule has 0 bridgehead atoms. The van der Waals surface area contributed by atoms with E-state index in [0.717, 1.165) is 37.1 Å². The average molecular weight is 408 g/mol. The molecule has 0 saturated carbocycles. The molecule has 28 heavy (non-hydrogen) atoms. The van der Waals surface area contributed by atoms with E-state index in [4.69, 9.17) is 0 Å². The fraction of sp³-hybridized carbons (Fsp3) is 0.667. The van der Waals surface area contributed by atoms with Crippen LogP contribution in [-0.2, 0) is 14.8 Å². The lowest BCUT2D eigenvalue weighted by Gasteiger charge is -2.38. The van der Waals surface area contributed by atoms with Crippen LogP contribution in [0.4, 0.5) is 0 Å². The number of likely N-dealkylation sites (tertiary alicyclic amines) is 1. The van der Waals surface area contributed by atoms with E-state index in [9.17, 15) is 13.2 Å². The number of hydrogen-bond acceptors (Lipinski definition) is 4. The molecule has 0 unspecified atom stereocenters. The minimum atomic E-state index is -3.50. The number of amides is 1. The van der Waals surface area contributed by atoms with E-state index in [-0.39, 0.29) is 11.9 Å². The third-order valence-corrected chi connectivity index (χ3v) is 8.10. The van der Waals surface area contributed by atoms with Gasteiger partial charge in [-0.05, 0) is 50.8 Å². The molecule has 2 aliphatic rings. The van der Waals surface area contributed by atoms with Crippen LogP contribution in [0.5, 0.6) is 0 Å². The number of nitrogens with zero attached hydrogens (tertiary/aromatic N) is 3. The van der Waals surface area contributed by atoms with Crippen molar-refractivity contribution in [3.05, 3.63) is 29.3 Å². The van der Waals surface area contributed by atoms with E-state index in [1.54, 1.807) is 10.4 Å². The third-order valence-electron chi connectivity index (χ3n) is 6.06. The Hall–Kier alpha value is -1.44. The van der Waals surface area contributed by atoms with Gasteiger partial charge in [-0.1, -0.05) is 25.0 Å². The van der Waals surface area contributed by atoms with Crippen molar-refractivity contribution in [2.24, 2.45) is 0 Å². The highest BCUT2D eigenvalue weighted by Gasteiger charge is 2.33. The molecule has 1 amide bonds. The Labute approximate surface area is 169 Å². The van der Waals surface area contributed by atoms with E-state index in [0.29, 0.717) is 31.1 Å². The van der Waals surface area contributed by atoms with Gasteiger partial charge < -0.3 is 4.90 Å². The summed E-state index contributed by atoms with van der Waals surface area (Å²) in [5, 5.41) is 0. The Kier molecular flexibility index (Phi) is 6.78. The SMILES string of the molecule is Cc1ccc(C)c(S(=O)(=O)N2CCN([C@@H](C)C(=O)N3CCCCCC3)CC2)c1. The largest absolute Gasteiger partial charge is 0.341 e. The first kappa shape index (κ1) is 21.3. The second kappa shape index (κ2) is 8.93. The quantitative estimate of drug-likeness (QED) is 0.769. The van der Waals surface area contributed by atoms with Crippen molar-refractivity contribution in [2.45, 2.75) is 57.4 Å². The second-order valence-electron chi connectivity index (χ2n) is 8.12. The zero-order valence-electron chi connectivity index (χ0n) is 17.4. The molecule has 1 aromatic carbocycles. The molecule has 0 spiro atoms. The van der Waals surface area contributed by atoms with Crippen LogP contribution in [0.1, 0.15) is 43.7 Å². The van der Waals surface area contributed by atoms with Gasteiger partial charge in [0.15, 0.2) is 0 Å². The van der Waals surface area contributed by atoms with Crippen molar-refractivity contribution in [2.75, 3.05) is 39.3 Å². The van der Waals surface area contributed by atoms with Crippen LogP contribution in [0.25, 0.3) is 0 Å². The Balaban J connectivity index is 1.63. The van der Waals surface area contributed by atoms with E-state index < -0.39 is 10.0 Å². The summed E-state index contributed by atoms with van der Waals surface area (Å²) < 4.78 is 27.7. The fourth-order valence-electron chi connectivity index (χ4n) is 4.17. The van der Waals surface area contributed by atoms with Crippen LogP contribution in [0.3, 0.4) is 0 Å². The van der Waals surface area contributed by atoms with Crippen LogP contribution in [-0.4, -0.2) is 73.7 Å². The molecular formula is C21H33N3O3S. The normalized spacial score (nSPS) is 21.3. The smallest absolute Gasteiger partial charge is 0.243 e. The molecule has 2 saturated heterocycles. The maximum atomic E-state index is 13.1. The lowest BCUT2D eigenvalue weighted by atomic mass is 10.2. The van der Waals surface area contributed by atoms with Gasteiger partial charge in [-0.3, -0.25) is 9.69 Å². The summed E-state index contributed by atoms with van der Waals surface area (Å²) in [5.74, 6) is 0.188. The number of sulfonamides is 1. The number of benzene rings is 1. The molecule has 0 aliphatic carbocycles. The number of hydrogen-bond donors (Lipinski definition) is 0. The summed E-state index contributed by atoms with van der Waals surface area (Å²) in [6, 6.07) is 5.36. The number of piperazine rings is 1. The Morgan fingerprint density at radius 3 is 2.14 bits per heavy atom. The predicted molar refractivity (Wildman–Crippen MR) is 111 cm³/mol. The van der Waals surface area contributed by atoms with Gasteiger partial charge in [0.05, 0.1) is 10.9 Å². The van der Waals surface area contributed by atoms with Gasteiger partial charge in [0, 0.05) is 39.3 Å². The first-order valence-corrected chi connectivity index (χ1v) is 11.8. The van der Waals surface area contributed by atoms with Gasteiger partial charge in [-0.25, -0.2) is 8.42 Å². The molecule has 1 atom stereocenters. The molecule has 0 aromatic heterocycles. The minimum absolute atomic E-state index is 0.188. The standard InChI is InChI=1S/C21H33N3O3S/c1-17-8-9-18(2)20(16-17)28(26,27)24-14-12-22(13-15-24)19(3)21(25)23-10-6-4-5-7-11-23/h8-9,16,19H,4-7,10-15H2,1-3H3/t19-/m0/s1. The molecule has 2 aliphatic heterocycles. The van der Waals surface area contributed by atoms with Crippen molar-refractivity contribution < 1.29 is 13.2 Å². The zero-order valence-corrected chi connectivity index (χ0v) is 18.2. The first-order chi connectivity index (χ1) is 13.3. The van der Waals surface area contributed by atoms with Crippen molar-refractivity contribution in [3.63, 3.8) is 0 Å². The lowest BCUT2D eigenvalue weighted by Crippen LogP contribution is -2.55. The van der Waals surface area contributed by atoms with Gasteiger partial charge in [0.1, 0.15) is 0 Å².